The van der Waals surface area contributed by atoms with Gasteiger partial charge in [0.25, 0.3) is 0 Å². The molecule has 0 saturated heterocycles. The van der Waals surface area contributed by atoms with Gasteiger partial charge in [-0.3, -0.25) is 4.79 Å². The number of nitrogens with zero attached hydrogens (tertiary/aromatic N) is 1. The normalized spacial score (nSPS) is 12.5. The maximum atomic E-state index is 13.3. The van der Waals surface area contributed by atoms with Crippen molar-refractivity contribution in [3.63, 3.8) is 0 Å². The van der Waals surface area contributed by atoms with Crippen LogP contribution in [0.1, 0.15) is 29.7 Å². The van der Waals surface area contributed by atoms with Crippen LogP contribution in [0.25, 0.3) is 0 Å². The zero-order valence-electron chi connectivity index (χ0n) is 17.5. The van der Waals surface area contributed by atoms with Gasteiger partial charge in [-0.15, -0.1) is 0 Å². The number of aryl methyl sites for hydroxylation is 1. The molecular weight excluding hydrogens is 432 g/mol. The monoisotopic (exact) mass is 456 g/mol. The van der Waals surface area contributed by atoms with Crippen LogP contribution in [0.4, 0.5) is 0 Å². The summed E-state index contributed by atoms with van der Waals surface area (Å²) < 4.78 is 27.8. The fraction of sp³-hybridized carbons (Fsp3) is 0.208. The zero-order valence-corrected chi connectivity index (χ0v) is 19.0. The molecule has 31 heavy (non-hydrogen) atoms. The van der Waals surface area contributed by atoms with Gasteiger partial charge in [0.2, 0.25) is 15.9 Å². The number of hydrogen-bond acceptors (Lipinski definition) is 3. The van der Waals surface area contributed by atoms with Gasteiger partial charge in [-0.25, -0.2) is 8.42 Å². The Hall–Kier alpha value is -2.67. The van der Waals surface area contributed by atoms with E-state index in [1.54, 1.807) is 36.4 Å². The van der Waals surface area contributed by atoms with Crippen LogP contribution in [0.2, 0.25) is 5.02 Å². The van der Waals surface area contributed by atoms with Crippen LogP contribution in [0.3, 0.4) is 0 Å². The summed E-state index contributed by atoms with van der Waals surface area (Å²) in [5.74, 6) is -0.380. The topological polar surface area (TPSA) is 66.5 Å². The third-order valence-electron chi connectivity index (χ3n) is 4.93. The molecule has 162 valence electrons. The molecule has 1 unspecified atom stereocenters. The van der Waals surface area contributed by atoms with Crippen LogP contribution in [0, 0.1) is 6.92 Å². The maximum absolute atomic E-state index is 13.3. The second kappa shape index (κ2) is 10.1. The van der Waals surface area contributed by atoms with Crippen LogP contribution < -0.4 is 5.32 Å². The van der Waals surface area contributed by atoms with Crippen molar-refractivity contribution in [1.29, 1.82) is 0 Å². The molecule has 0 heterocycles. The molecular formula is C24H25ClN2O3S. The lowest BCUT2D eigenvalue weighted by molar-refractivity contribution is -0.122. The molecule has 3 rings (SSSR count). The summed E-state index contributed by atoms with van der Waals surface area (Å²) in [5, 5.41) is 3.49. The van der Waals surface area contributed by atoms with E-state index in [0.717, 1.165) is 16.7 Å². The fourth-order valence-corrected chi connectivity index (χ4v) is 4.66. The fourth-order valence-electron chi connectivity index (χ4n) is 3.15. The lowest BCUT2D eigenvalue weighted by Gasteiger charge is -2.23. The third kappa shape index (κ3) is 6.17. The number of carbonyl (C=O) groups is 1. The quantitative estimate of drug-likeness (QED) is 0.533. The second-order valence-corrected chi connectivity index (χ2v) is 9.79. The highest BCUT2D eigenvalue weighted by Crippen LogP contribution is 2.20. The molecule has 5 nitrogen and oxygen atoms in total. The third-order valence-corrected chi connectivity index (χ3v) is 6.99. The first-order valence-corrected chi connectivity index (χ1v) is 11.7. The maximum Gasteiger partial charge on any atom is 0.243 e. The predicted octanol–water partition coefficient (Wildman–Crippen LogP) is 4.72. The molecule has 0 saturated carbocycles. The van der Waals surface area contributed by atoms with Gasteiger partial charge in [-0.05, 0) is 49.2 Å². The molecule has 1 atom stereocenters. The van der Waals surface area contributed by atoms with Gasteiger partial charge in [0.15, 0.2) is 0 Å². The van der Waals surface area contributed by atoms with Gasteiger partial charge >= 0.3 is 0 Å². The summed E-state index contributed by atoms with van der Waals surface area (Å²) in [4.78, 5) is 12.9. The minimum atomic E-state index is -3.86. The van der Waals surface area contributed by atoms with E-state index in [9.17, 15) is 13.2 Å². The Morgan fingerprint density at radius 1 is 0.968 bits per heavy atom. The first-order valence-electron chi connectivity index (χ1n) is 9.91. The molecule has 0 aliphatic heterocycles. The van der Waals surface area contributed by atoms with Gasteiger partial charge in [-0.2, -0.15) is 4.31 Å². The van der Waals surface area contributed by atoms with E-state index < -0.39 is 10.0 Å². The lowest BCUT2D eigenvalue weighted by Crippen LogP contribution is -2.41. The number of rotatable bonds is 8. The molecule has 0 radical (unpaired) electrons. The Morgan fingerprint density at radius 3 is 2.19 bits per heavy atom. The summed E-state index contributed by atoms with van der Waals surface area (Å²) >= 11 is 5.93. The van der Waals surface area contributed by atoms with Crippen LogP contribution in [0.15, 0.2) is 83.8 Å². The molecule has 0 aliphatic carbocycles. The van der Waals surface area contributed by atoms with Crippen molar-refractivity contribution in [2.45, 2.75) is 31.3 Å². The van der Waals surface area contributed by atoms with Crippen molar-refractivity contribution < 1.29 is 13.2 Å². The van der Waals surface area contributed by atoms with Crippen LogP contribution in [-0.2, 0) is 21.4 Å². The predicted molar refractivity (Wildman–Crippen MR) is 123 cm³/mol. The standard InChI is InChI=1S/C24H25ClN2O3S/c1-18-8-14-23(15-9-18)31(29,30)27(16-20-6-4-3-5-7-20)17-24(28)26-19(2)21-10-12-22(25)13-11-21/h3-15,19H,16-17H2,1-2H3,(H,26,28). The molecule has 0 fully saturated rings. The Bertz CT molecular complexity index is 1120. The number of benzene rings is 3. The SMILES string of the molecule is Cc1ccc(S(=O)(=O)N(CC(=O)NC(C)c2ccc(Cl)cc2)Cc2ccccc2)cc1. The summed E-state index contributed by atoms with van der Waals surface area (Å²) in [6.07, 6.45) is 0. The summed E-state index contributed by atoms with van der Waals surface area (Å²) in [6.45, 7) is 3.55. The van der Waals surface area contributed by atoms with Crippen molar-refractivity contribution >= 4 is 27.5 Å². The molecule has 1 N–H and O–H groups in total. The first kappa shape index (κ1) is 23.0. The Kier molecular flexibility index (Phi) is 7.49. The number of halogens is 1. The van der Waals surface area contributed by atoms with E-state index in [1.165, 1.54) is 4.31 Å². The van der Waals surface area contributed by atoms with Gasteiger partial charge in [0, 0.05) is 11.6 Å². The molecule has 3 aromatic rings. The highest BCUT2D eigenvalue weighted by Gasteiger charge is 2.27. The number of amides is 1. The van der Waals surface area contributed by atoms with Crippen molar-refractivity contribution in [1.82, 2.24) is 9.62 Å². The Balaban J connectivity index is 1.81. The van der Waals surface area contributed by atoms with Crippen molar-refractivity contribution in [3.8, 4) is 0 Å². The lowest BCUT2D eigenvalue weighted by atomic mass is 10.1. The molecule has 1 amide bonds. The average Bonchev–Trinajstić information content (AvgIpc) is 2.74. The van der Waals surface area contributed by atoms with Gasteiger partial charge in [-0.1, -0.05) is 71.8 Å². The van der Waals surface area contributed by atoms with E-state index in [2.05, 4.69) is 5.32 Å². The molecule has 0 aliphatic rings. The van der Waals surface area contributed by atoms with E-state index in [-0.39, 0.29) is 29.9 Å². The van der Waals surface area contributed by atoms with Gasteiger partial charge in [0.05, 0.1) is 17.5 Å². The molecule has 3 aromatic carbocycles. The van der Waals surface area contributed by atoms with Crippen molar-refractivity contribution in [3.05, 3.63) is 101 Å². The molecule has 7 heteroatoms. The molecule has 0 spiro atoms. The second-order valence-electron chi connectivity index (χ2n) is 7.41. The van der Waals surface area contributed by atoms with E-state index in [1.807, 2.05) is 56.3 Å². The first-order chi connectivity index (χ1) is 14.8. The number of sulfonamides is 1. The zero-order chi connectivity index (χ0) is 22.4. The summed E-state index contributed by atoms with van der Waals surface area (Å²) in [5.41, 5.74) is 2.65. The van der Waals surface area contributed by atoms with Gasteiger partial charge < -0.3 is 5.32 Å². The molecule has 0 aromatic heterocycles. The van der Waals surface area contributed by atoms with E-state index in [4.69, 9.17) is 11.6 Å². The van der Waals surface area contributed by atoms with E-state index >= 15 is 0 Å². The Morgan fingerprint density at radius 2 is 1.58 bits per heavy atom. The summed E-state index contributed by atoms with van der Waals surface area (Å²) in [7, 11) is -3.86. The van der Waals surface area contributed by atoms with E-state index in [0.29, 0.717) is 5.02 Å². The highest BCUT2D eigenvalue weighted by molar-refractivity contribution is 7.89. The van der Waals surface area contributed by atoms with Crippen LogP contribution in [-0.4, -0.2) is 25.2 Å². The van der Waals surface area contributed by atoms with Crippen molar-refractivity contribution in [2.24, 2.45) is 0 Å². The minimum absolute atomic E-state index is 0.0970. The van der Waals surface area contributed by atoms with Crippen molar-refractivity contribution in [2.75, 3.05) is 6.54 Å². The molecule has 0 bridgehead atoms. The minimum Gasteiger partial charge on any atom is -0.348 e. The average molecular weight is 457 g/mol. The smallest absolute Gasteiger partial charge is 0.243 e. The van der Waals surface area contributed by atoms with Crippen LogP contribution in [0.5, 0.6) is 0 Å². The number of hydrogen-bond donors (Lipinski definition) is 1. The highest BCUT2D eigenvalue weighted by atomic mass is 35.5. The Labute approximate surface area is 188 Å². The van der Waals surface area contributed by atoms with Crippen LogP contribution >= 0.6 is 11.6 Å². The summed E-state index contributed by atoms with van der Waals surface area (Å²) in [6, 6.07) is 22.7. The van der Waals surface area contributed by atoms with Gasteiger partial charge in [0.1, 0.15) is 0 Å². The largest absolute Gasteiger partial charge is 0.348 e. The number of nitrogens with one attached hydrogen (secondary N) is 1. The number of carbonyl (C=O) groups excluding carboxylic acids is 1.